The lowest BCUT2D eigenvalue weighted by atomic mass is 10.1. The van der Waals surface area contributed by atoms with Gasteiger partial charge in [-0.3, -0.25) is 10.1 Å². The number of ether oxygens (including phenoxy) is 1. The van der Waals surface area contributed by atoms with Gasteiger partial charge in [0.25, 0.3) is 5.91 Å². The van der Waals surface area contributed by atoms with Gasteiger partial charge in [0.1, 0.15) is 6.61 Å². The molecule has 7 heteroatoms. The molecular weight excluding hydrogens is 355 g/mol. The number of rotatable bonds is 4. The van der Waals surface area contributed by atoms with E-state index >= 15 is 0 Å². The van der Waals surface area contributed by atoms with Crippen LogP contribution in [-0.4, -0.2) is 11.0 Å². The second kappa shape index (κ2) is 7.64. The summed E-state index contributed by atoms with van der Waals surface area (Å²) in [5.74, 6) is -0.157. The van der Waals surface area contributed by atoms with E-state index in [1.807, 2.05) is 31.2 Å². The van der Waals surface area contributed by atoms with Crippen molar-refractivity contribution in [2.24, 2.45) is 5.73 Å². The molecule has 0 bridgehead atoms. The van der Waals surface area contributed by atoms with Gasteiger partial charge in [-0.15, -0.1) is 0 Å². The van der Waals surface area contributed by atoms with Gasteiger partial charge in [0.15, 0.2) is 10.9 Å². The number of hydrogen-bond acceptors (Lipinski definition) is 3. The summed E-state index contributed by atoms with van der Waals surface area (Å²) in [6, 6.07) is 10.7. The number of hydrogen-bond donors (Lipinski definition) is 2. The summed E-state index contributed by atoms with van der Waals surface area (Å²) in [7, 11) is 0. The van der Waals surface area contributed by atoms with Crippen molar-refractivity contribution in [1.29, 1.82) is 0 Å². The molecule has 2 rings (SSSR count). The van der Waals surface area contributed by atoms with Crippen LogP contribution in [0.25, 0.3) is 0 Å². The Kier molecular flexibility index (Phi) is 5.82. The molecule has 0 aliphatic rings. The first-order valence-corrected chi connectivity index (χ1v) is 7.82. The zero-order valence-electron chi connectivity index (χ0n) is 12.2. The minimum Gasteiger partial charge on any atom is -0.486 e. The van der Waals surface area contributed by atoms with Crippen LogP contribution in [0.4, 0.5) is 0 Å². The normalized spacial score (nSPS) is 10.2. The topological polar surface area (TPSA) is 64.3 Å². The molecule has 0 saturated heterocycles. The van der Waals surface area contributed by atoms with E-state index in [1.165, 1.54) is 12.1 Å². The highest BCUT2D eigenvalue weighted by atomic mass is 35.5. The van der Waals surface area contributed by atoms with Crippen LogP contribution in [0.2, 0.25) is 10.0 Å². The van der Waals surface area contributed by atoms with E-state index in [1.54, 1.807) is 0 Å². The molecule has 3 N–H and O–H groups in total. The van der Waals surface area contributed by atoms with Crippen LogP contribution in [0.3, 0.4) is 0 Å². The molecule has 2 aromatic carbocycles. The molecule has 4 nitrogen and oxygen atoms in total. The van der Waals surface area contributed by atoms with Gasteiger partial charge in [-0.1, -0.05) is 47.5 Å². The first kappa shape index (κ1) is 17.5. The SMILES string of the molecule is Cc1ccccc1COc1c(Cl)cc(C(=O)NC(N)=S)cc1Cl. The Bertz CT molecular complexity index is 742. The second-order valence-corrected chi connectivity index (χ2v) is 6.06. The van der Waals surface area contributed by atoms with Crippen molar-refractivity contribution in [3.63, 3.8) is 0 Å². The smallest absolute Gasteiger partial charge is 0.257 e. The van der Waals surface area contributed by atoms with Gasteiger partial charge in [0, 0.05) is 5.56 Å². The van der Waals surface area contributed by atoms with Gasteiger partial charge in [0.05, 0.1) is 10.0 Å². The molecule has 0 atom stereocenters. The molecular formula is C16H14Cl2N2O2S. The summed E-state index contributed by atoms with van der Waals surface area (Å²) in [6.45, 7) is 2.32. The van der Waals surface area contributed by atoms with Crippen molar-refractivity contribution in [3.05, 3.63) is 63.1 Å². The number of halogens is 2. The lowest BCUT2D eigenvalue weighted by Crippen LogP contribution is -2.34. The average molecular weight is 369 g/mol. The largest absolute Gasteiger partial charge is 0.486 e. The number of benzene rings is 2. The predicted octanol–water partition coefficient (Wildman–Crippen LogP) is 3.85. The van der Waals surface area contributed by atoms with Crippen LogP contribution >= 0.6 is 35.4 Å². The molecule has 0 radical (unpaired) electrons. The molecule has 120 valence electrons. The summed E-state index contributed by atoms with van der Waals surface area (Å²) in [5.41, 5.74) is 7.65. The van der Waals surface area contributed by atoms with Crippen LogP contribution in [0.15, 0.2) is 36.4 Å². The molecule has 0 saturated carbocycles. The van der Waals surface area contributed by atoms with Gasteiger partial charge in [0.2, 0.25) is 0 Å². The van der Waals surface area contributed by atoms with Crippen molar-refractivity contribution in [2.75, 3.05) is 0 Å². The van der Waals surface area contributed by atoms with E-state index in [0.29, 0.717) is 12.4 Å². The molecule has 0 aliphatic carbocycles. The van der Waals surface area contributed by atoms with E-state index < -0.39 is 5.91 Å². The first-order valence-electron chi connectivity index (χ1n) is 6.65. The lowest BCUT2D eigenvalue weighted by molar-refractivity contribution is 0.0977. The minimum absolute atomic E-state index is 0.123. The second-order valence-electron chi connectivity index (χ2n) is 4.80. The maximum absolute atomic E-state index is 11.9. The van der Waals surface area contributed by atoms with E-state index in [0.717, 1.165) is 11.1 Å². The number of aryl methyl sites for hydroxylation is 1. The van der Waals surface area contributed by atoms with Crippen LogP contribution < -0.4 is 15.8 Å². The molecule has 0 unspecified atom stereocenters. The Morgan fingerprint density at radius 1 is 1.26 bits per heavy atom. The fraction of sp³-hybridized carbons (Fsp3) is 0.125. The highest BCUT2D eigenvalue weighted by molar-refractivity contribution is 7.80. The molecule has 23 heavy (non-hydrogen) atoms. The van der Waals surface area contributed by atoms with Gasteiger partial charge in [-0.05, 0) is 42.4 Å². The Morgan fingerprint density at radius 3 is 2.43 bits per heavy atom. The number of amides is 1. The quantitative estimate of drug-likeness (QED) is 0.804. The number of nitrogens with one attached hydrogen (secondary N) is 1. The summed E-state index contributed by atoms with van der Waals surface area (Å²) in [4.78, 5) is 11.9. The Labute approximate surface area is 149 Å². The van der Waals surface area contributed by atoms with Crippen molar-refractivity contribution in [1.82, 2.24) is 5.32 Å². The third kappa shape index (κ3) is 4.58. The van der Waals surface area contributed by atoms with Gasteiger partial charge < -0.3 is 10.5 Å². The molecule has 0 aromatic heterocycles. The minimum atomic E-state index is -0.480. The van der Waals surface area contributed by atoms with Crippen molar-refractivity contribution >= 4 is 46.4 Å². The predicted molar refractivity (Wildman–Crippen MR) is 96.2 cm³/mol. The maximum atomic E-state index is 11.9. The zero-order valence-corrected chi connectivity index (χ0v) is 14.6. The molecule has 0 spiro atoms. The van der Waals surface area contributed by atoms with Crippen LogP contribution in [-0.2, 0) is 6.61 Å². The van der Waals surface area contributed by atoms with Gasteiger partial charge in [-0.25, -0.2) is 0 Å². The standard InChI is InChI=1S/C16H14Cl2N2O2S/c1-9-4-2-3-5-10(9)8-22-14-12(17)6-11(7-13(14)18)15(21)20-16(19)23/h2-7H,8H2,1H3,(H3,19,20,21,23). The van der Waals surface area contributed by atoms with Crippen LogP contribution in [0, 0.1) is 6.92 Å². The van der Waals surface area contributed by atoms with Crippen LogP contribution in [0.1, 0.15) is 21.5 Å². The summed E-state index contributed by atoms with van der Waals surface area (Å²) in [5, 5.41) is 2.66. The zero-order chi connectivity index (χ0) is 17.0. The summed E-state index contributed by atoms with van der Waals surface area (Å²) in [6.07, 6.45) is 0. The Morgan fingerprint density at radius 2 is 1.87 bits per heavy atom. The van der Waals surface area contributed by atoms with Crippen molar-refractivity contribution < 1.29 is 9.53 Å². The molecule has 0 fully saturated rings. The number of thiocarbonyl (C=S) groups is 1. The Hall–Kier alpha value is -1.82. The lowest BCUT2D eigenvalue weighted by Gasteiger charge is -2.13. The summed E-state index contributed by atoms with van der Waals surface area (Å²) < 4.78 is 5.70. The number of carbonyl (C=O) groups excluding carboxylic acids is 1. The number of nitrogens with two attached hydrogens (primary N) is 1. The van der Waals surface area contributed by atoms with E-state index in [-0.39, 0.29) is 20.7 Å². The molecule has 0 aliphatic heterocycles. The average Bonchev–Trinajstić information content (AvgIpc) is 2.47. The highest BCUT2D eigenvalue weighted by Crippen LogP contribution is 2.35. The van der Waals surface area contributed by atoms with Crippen LogP contribution in [0.5, 0.6) is 5.75 Å². The fourth-order valence-corrected chi connectivity index (χ4v) is 2.62. The highest BCUT2D eigenvalue weighted by Gasteiger charge is 2.15. The van der Waals surface area contributed by atoms with E-state index in [9.17, 15) is 4.79 Å². The van der Waals surface area contributed by atoms with Gasteiger partial charge in [-0.2, -0.15) is 0 Å². The van der Waals surface area contributed by atoms with Crippen molar-refractivity contribution in [3.8, 4) is 5.75 Å². The monoisotopic (exact) mass is 368 g/mol. The molecule has 0 heterocycles. The summed E-state index contributed by atoms with van der Waals surface area (Å²) >= 11 is 17.0. The number of carbonyl (C=O) groups is 1. The molecule has 2 aromatic rings. The fourth-order valence-electron chi connectivity index (χ4n) is 1.93. The Balaban J connectivity index is 2.19. The van der Waals surface area contributed by atoms with Crippen molar-refractivity contribution in [2.45, 2.75) is 13.5 Å². The van der Waals surface area contributed by atoms with E-state index in [2.05, 4.69) is 17.5 Å². The van der Waals surface area contributed by atoms with Gasteiger partial charge >= 0.3 is 0 Å². The third-order valence-electron chi connectivity index (χ3n) is 3.13. The first-order chi connectivity index (χ1) is 10.9. The maximum Gasteiger partial charge on any atom is 0.257 e. The van der Waals surface area contributed by atoms with E-state index in [4.69, 9.17) is 33.7 Å². The third-order valence-corrected chi connectivity index (χ3v) is 3.79. The molecule has 1 amide bonds.